The highest BCUT2D eigenvalue weighted by Gasteiger charge is 2.21. The quantitative estimate of drug-likeness (QED) is 0.574. The zero-order valence-electron chi connectivity index (χ0n) is 16.6. The molecule has 0 spiro atoms. The van der Waals surface area contributed by atoms with Crippen LogP contribution in [0.25, 0.3) is 11.3 Å². The molecule has 1 aromatic heterocycles. The topological polar surface area (TPSA) is 62.9 Å². The number of ether oxygens (including phenoxy) is 1. The molecule has 0 saturated carbocycles. The van der Waals surface area contributed by atoms with Gasteiger partial charge >= 0.3 is 5.97 Å². The minimum Gasteiger partial charge on any atom is -0.489 e. The maximum atomic E-state index is 13.7. The van der Waals surface area contributed by atoms with Crippen molar-refractivity contribution in [1.29, 1.82) is 0 Å². The monoisotopic (exact) mass is 409 g/mol. The standard InChI is InChI=1S/C24H24FNO4/c25-21-5-2-1-4-18(21)16-29-20-9-7-17(8-10-20)23-14-19-15-26(12-3-6-24(27)28)13-11-22(19)30-23/h1-2,4-5,7-10,14H,3,6,11-13,15-16H2,(H,27,28). The van der Waals surface area contributed by atoms with Crippen LogP contribution in [0.5, 0.6) is 5.75 Å². The van der Waals surface area contributed by atoms with Crippen molar-refractivity contribution in [2.24, 2.45) is 0 Å². The van der Waals surface area contributed by atoms with E-state index in [1.165, 1.54) is 6.07 Å². The van der Waals surface area contributed by atoms with E-state index in [-0.39, 0.29) is 18.8 Å². The van der Waals surface area contributed by atoms with Crippen molar-refractivity contribution in [3.05, 3.63) is 77.3 Å². The molecule has 156 valence electrons. The van der Waals surface area contributed by atoms with Crippen LogP contribution in [0.3, 0.4) is 0 Å². The van der Waals surface area contributed by atoms with E-state index in [2.05, 4.69) is 11.0 Å². The zero-order chi connectivity index (χ0) is 20.9. The highest BCUT2D eigenvalue weighted by atomic mass is 19.1. The summed E-state index contributed by atoms with van der Waals surface area (Å²) >= 11 is 0. The lowest BCUT2D eigenvalue weighted by atomic mass is 10.1. The van der Waals surface area contributed by atoms with E-state index in [1.54, 1.807) is 18.2 Å². The fourth-order valence-electron chi connectivity index (χ4n) is 3.67. The van der Waals surface area contributed by atoms with Gasteiger partial charge in [-0.15, -0.1) is 0 Å². The van der Waals surface area contributed by atoms with Gasteiger partial charge in [-0.05, 0) is 49.4 Å². The maximum absolute atomic E-state index is 13.7. The van der Waals surface area contributed by atoms with Gasteiger partial charge in [0.25, 0.3) is 0 Å². The van der Waals surface area contributed by atoms with Crippen LogP contribution in [-0.2, 0) is 24.4 Å². The molecule has 1 aliphatic rings. The number of hydrogen-bond acceptors (Lipinski definition) is 4. The van der Waals surface area contributed by atoms with E-state index >= 15 is 0 Å². The molecular weight excluding hydrogens is 385 g/mol. The molecule has 6 heteroatoms. The molecule has 0 fully saturated rings. The second-order valence-corrected chi connectivity index (χ2v) is 7.49. The summed E-state index contributed by atoms with van der Waals surface area (Å²) in [7, 11) is 0. The van der Waals surface area contributed by atoms with Gasteiger partial charge in [-0.2, -0.15) is 0 Å². The first-order valence-corrected chi connectivity index (χ1v) is 10.1. The molecule has 0 saturated heterocycles. The van der Waals surface area contributed by atoms with Crippen LogP contribution in [0, 0.1) is 5.82 Å². The Bertz CT molecular complexity index is 1010. The Morgan fingerprint density at radius 1 is 1.17 bits per heavy atom. The van der Waals surface area contributed by atoms with Crippen molar-refractivity contribution in [2.45, 2.75) is 32.4 Å². The molecule has 2 aromatic carbocycles. The summed E-state index contributed by atoms with van der Waals surface area (Å²) in [6, 6.07) is 16.2. The number of furan rings is 1. The van der Waals surface area contributed by atoms with E-state index in [4.69, 9.17) is 14.3 Å². The van der Waals surface area contributed by atoms with Crippen LogP contribution in [-0.4, -0.2) is 29.1 Å². The summed E-state index contributed by atoms with van der Waals surface area (Å²) in [5, 5.41) is 8.79. The Kier molecular flexibility index (Phi) is 6.14. The fourth-order valence-corrected chi connectivity index (χ4v) is 3.67. The van der Waals surface area contributed by atoms with Crippen molar-refractivity contribution in [2.75, 3.05) is 13.1 Å². The normalized spacial score (nSPS) is 13.8. The molecule has 0 aliphatic carbocycles. The number of nitrogens with zero attached hydrogens (tertiary/aromatic N) is 1. The predicted molar refractivity (Wildman–Crippen MR) is 111 cm³/mol. The lowest BCUT2D eigenvalue weighted by Gasteiger charge is -2.25. The zero-order valence-corrected chi connectivity index (χ0v) is 16.6. The van der Waals surface area contributed by atoms with Crippen LogP contribution in [0.2, 0.25) is 0 Å². The Labute approximate surface area is 174 Å². The van der Waals surface area contributed by atoms with Gasteiger partial charge in [-0.25, -0.2) is 4.39 Å². The smallest absolute Gasteiger partial charge is 0.303 e. The summed E-state index contributed by atoms with van der Waals surface area (Å²) in [5.74, 6) is 1.46. The van der Waals surface area contributed by atoms with Crippen LogP contribution in [0.1, 0.15) is 29.7 Å². The Hall–Kier alpha value is -3.12. The number of carboxylic acids is 1. The molecule has 0 atom stereocenters. The maximum Gasteiger partial charge on any atom is 0.303 e. The average molecular weight is 409 g/mol. The molecule has 4 rings (SSSR count). The number of aliphatic carboxylic acids is 1. The summed E-state index contributed by atoms with van der Waals surface area (Å²) in [5.41, 5.74) is 2.64. The number of hydrogen-bond donors (Lipinski definition) is 1. The van der Waals surface area contributed by atoms with E-state index in [9.17, 15) is 9.18 Å². The number of fused-ring (bicyclic) bond motifs is 1. The molecule has 0 unspecified atom stereocenters. The number of halogens is 1. The molecule has 0 bridgehead atoms. The summed E-state index contributed by atoms with van der Waals surface area (Å²) in [6.45, 7) is 2.61. The molecule has 30 heavy (non-hydrogen) atoms. The van der Waals surface area contributed by atoms with Crippen LogP contribution in [0.15, 0.2) is 59.0 Å². The van der Waals surface area contributed by atoms with Gasteiger partial charge in [0.05, 0.1) is 0 Å². The second-order valence-electron chi connectivity index (χ2n) is 7.49. The third kappa shape index (κ3) is 4.89. The van der Waals surface area contributed by atoms with E-state index in [0.29, 0.717) is 17.7 Å². The molecule has 3 aromatic rings. The minimum absolute atomic E-state index is 0.179. The largest absolute Gasteiger partial charge is 0.489 e. The first-order chi connectivity index (χ1) is 14.6. The Morgan fingerprint density at radius 2 is 1.97 bits per heavy atom. The second kappa shape index (κ2) is 9.13. The Balaban J connectivity index is 1.37. The van der Waals surface area contributed by atoms with Crippen molar-refractivity contribution >= 4 is 5.97 Å². The van der Waals surface area contributed by atoms with Gasteiger partial charge < -0.3 is 14.3 Å². The third-order valence-corrected chi connectivity index (χ3v) is 5.30. The van der Waals surface area contributed by atoms with Crippen molar-refractivity contribution in [3.8, 4) is 17.1 Å². The van der Waals surface area contributed by atoms with Gasteiger partial charge in [0.2, 0.25) is 0 Å². The van der Waals surface area contributed by atoms with Crippen molar-refractivity contribution < 1.29 is 23.4 Å². The Morgan fingerprint density at radius 3 is 2.73 bits per heavy atom. The van der Waals surface area contributed by atoms with Crippen LogP contribution < -0.4 is 4.74 Å². The molecule has 0 radical (unpaired) electrons. The molecule has 1 aliphatic heterocycles. The molecule has 5 nitrogen and oxygen atoms in total. The molecule has 2 heterocycles. The molecular formula is C24H24FNO4. The van der Waals surface area contributed by atoms with Gasteiger partial charge in [0, 0.05) is 42.6 Å². The van der Waals surface area contributed by atoms with E-state index in [1.807, 2.05) is 24.3 Å². The number of carboxylic acid groups (broad SMARTS) is 1. The molecule has 1 N–H and O–H groups in total. The van der Waals surface area contributed by atoms with E-state index < -0.39 is 5.97 Å². The average Bonchev–Trinajstić information content (AvgIpc) is 3.17. The summed E-state index contributed by atoms with van der Waals surface area (Å²) in [6.07, 6.45) is 1.68. The van der Waals surface area contributed by atoms with Gasteiger partial charge in [0.15, 0.2) is 0 Å². The first kappa shape index (κ1) is 20.2. The highest BCUT2D eigenvalue weighted by molar-refractivity contribution is 5.66. The van der Waals surface area contributed by atoms with Crippen molar-refractivity contribution in [1.82, 2.24) is 4.90 Å². The summed E-state index contributed by atoms with van der Waals surface area (Å²) < 4.78 is 25.5. The third-order valence-electron chi connectivity index (χ3n) is 5.30. The summed E-state index contributed by atoms with van der Waals surface area (Å²) in [4.78, 5) is 13.0. The lowest BCUT2D eigenvalue weighted by Crippen LogP contribution is -2.30. The van der Waals surface area contributed by atoms with Crippen molar-refractivity contribution in [3.63, 3.8) is 0 Å². The lowest BCUT2D eigenvalue weighted by molar-refractivity contribution is -0.137. The fraction of sp³-hybridized carbons (Fsp3) is 0.292. The minimum atomic E-state index is -0.750. The first-order valence-electron chi connectivity index (χ1n) is 10.1. The van der Waals surface area contributed by atoms with Crippen LogP contribution in [0.4, 0.5) is 4.39 Å². The number of carbonyl (C=O) groups is 1. The van der Waals surface area contributed by atoms with E-state index in [0.717, 1.165) is 48.7 Å². The predicted octanol–water partition coefficient (Wildman–Crippen LogP) is 4.89. The van der Waals surface area contributed by atoms with Gasteiger partial charge in [-0.3, -0.25) is 9.69 Å². The number of benzene rings is 2. The number of rotatable bonds is 8. The van der Waals surface area contributed by atoms with Gasteiger partial charge in [0.1, 0.15) is 29.7 Å². The molecule has 0 amide bonds. The SMILES string of the molecule is O=C(O)CCCN1CCc2oc(-c3ccc(OCc4ccccc4F)cc3)cc2C1. The van der Waals surface area contributed by atoms with Gasteiger partial charge in [-0.1, -0.05) is 18.2 Å². The van der Waals surface area contributed by atoms with Crippen LogP contribution >= 0.6 is 0 Å². The highest BCUT2D eigenvalue weighted by Crippen LogP contribution is 2.30.